The molecule has 0 aliphatic rings. The molecule has 0 saturated carbocycles. The third-order valence-corrected chi connectivity index (χ3v) is 3.96. The summed E-state index contributed by atoms with van der Waals surface area (Å²) in [5.74, 6) is -0.978. The second kappa shape index (κ2) is 7.84. The maximum Gasteiger partial charge on any atom is 0.316 e. The van der Waals surface area contributed by atoms with E-state index in [4.69, 9.17) is 16.3 Å². The van der Waals surface area contributed by atoms with E-state index in [0.717, 1.165) is 5.56 Å². The van der Waals surface area contributed by atoms with Gasteiger partial charge in [0.25, 0.3) is 0 Å². The normalized spacial score (nSPS) is 10.2. The van der Waals surface area contributed by atoms with Crippen LogP contribution in [0.15, 0.2) is 42.5 Å². The zero-order chi connectivity index (χ0) is 17.7. The molecule has 0 aliphatic carbocycles. The molecule has 0 heterocycles. The summed E-state index contributed by atoms with van der Waals surface area (Å²) in [6.45, 7) is 4.00. The van der Waals surface area contributed by atoms with Crippen LogP contribution in [0.5, 0.6) is 5.75 Å². The summed E-state index contributed by atoms with van der Waals surface area (Å²) in [5, 5.41) is 3.12. The summed E-state index contributed by atoms with van der Waals surface area (Å²) in [6.07, 6.45) is 0. The fourth-order valence-corrected chi connectivity index (χ4v) is 2.43. The van der Waals surface area contributed by atoms with Gasteiger partial charge in [0.05, 0.1) is 12.8 Å². The number of carbonyl (C=O) groups is 2. The molecule has 0 fully saturated rings. The molecule has 0 atom stereocenters. The van der Waals surface area contributed by atoms with Crippen molar-refractivity contribution in [2.24, 2.45) is 0 Å². The second-order valence-corrected chi connectivity index (χ2v) is 5.55. The van der Waals surface area contributed by atoms with Gasteiger partial charge in [-0.1, -0.05) is 29.8 Å². The molecule has 1 N–H and O–H groups in total. The van der Waals surface area contributed by atoms with Gasteiger partial charge in [-0.15, -0.1) is 0 Å². The molecule has 2 amide bonds. The van der Waals surface area contributed by atoms with Crippen LogP contribution in [0.1, 0.15) is 12.5 Å². The van der Waals surface area contributed by atoms with E-state index in [9.17, 15) is 9.59 Å². The largest absolute Gasteiger partial charge is 0.495 e. The highest BCUT2D eigenvalue weighted by Crippen LogP contribution is 2.31. The summed E-state index contributed by atoms with van der Waals surface area (Å²) >= 11 is 6.05. The van der Waals surface area contributed by atoms with Gasteiger partial charge in [-0.05, 0) is 37.6 Å². The van der Waals surface area contributed by atoms with Gasteiger partial charge in [-0.2, -0.15) is 0 Å². The fraction of sp³-hybridized carbons (Fsp3) is 0.222. The second-order valence-electron chi connectivity index (χ2n) is 5.14. The smallest absolute Gasteiger partial charge is 0.316 e. The number of amides is 2. The molecule has 0 unspecified atom stereocenters. The van der Waals surface area contributed by atoms with Gasteiger partial charge in [0, 0.05) is 23.3 Å². The SMILES string of the molecule is CCN(C(=O)C(=O)Nc1cc(C)c(Cl)cc1OC)c1ccccc1. The number of ether oxygens (including phenoxy) is 1. The van der Waals surface area contributed by atoms with E-state index in [2.05, 4.69) is 5.32 Å². The van der Waals surface area contributed by atoms with Gasteiger partial charge in [-0.25, -0.2) is 0 Å². The van der Waals surface area contributed by atoms with Gasteiger partial charge in [0.15, 0.2) is 0 Å². The zero-order valence-electron chi connectivity index (χ0n) is 13.8. The lowest BCUT2D eigenvalue weighted by atomic mass is 10.2. The van der Waals surface area contributed by atoms with Gasteiger partial charge in [-0.3, -0.25) is 9.59 Å². The number of carbonyl (C=O) groups excluding carboxylic acids is 2. The van der Waals surface area contributed by atoms with Crippen LogP contribution in [-0.2, 0) is 9.59 Å². The van der Waals surface area contributed by atoms with E-state index in [0.29, 0.717) is 28.7 Å². The van der Waals surface area contributed by atoms with Crippen LogP contribution in [0.25, 0.3) is 0 Å². The third kappa shape index (κ3) is 3.86. The number of aryl methyl sites for hydroxylation is 1. The number of likely N-dealkylation sites (N-methyl/N-ethyl adjacent to an activating group) is 1. The van der Waals surface area contributed by atoms with Crippen molar-refractivity contribution >= 4 is 34.8 Å². The molecule has 2 aromatic carbocycles. The van der Waals surface area contributed by atoms with Crippen molar-refractivity contribution in [3.8, 4) is 5.75 Å². The molecule has 0 aliphatic heterocycles. The standard InChI is InChI=1S/C18H19ClN2O3/c1-4-21(13-8-6-5-7-9-13)18(23)17(22)20-15-10-12(2)14(19)11-16(15)24-3/h5-11H,4H2,1-3H3,(H,20,22). The van der Waals surface area contributed by atoms with Crippen LogP contribution >= 0.6 is 11.6 Å². The minimum absolute atomic E-state index is 0.382. The first-order valence-electron chi connectivity index (χ1n) is 7.50. The quantitative estimate of drug-likeness (QED) is 0.860. The fourth-order valence-electron chi connectivity index (χ4n) is 2.28. The predicted molar refractivity (Wildman–Crippen MR) is 95.8 cm³/mol. The van der Waals surface area contributed by atoms with Crippen molar-refractivity contribution in [1.82, 2.24) is 0 Å². The van der Waals surface area contributed by atoms with Crippen LogP contribution in [0, 0.1) is 6.92 Å². The number of nitrogens with zero attached hydrogens (tertiary/aromatic N) is 1. The number of nitrogens with one attached hydrogen (secondary N) is 1. The molecule has 2 rings (SSSR count). The van der Waals surface area contributed by atoms with Crippen molar-refractivity contribution in [2.75, 3.05) is 23.9 Å². The average molecular weight is 347 g/mol. The third-order valence-electron chi connectivity index (χ3n) is 3.55. The number of anilines is 2. The monoisotopic (exact) mass is 346 g/mol. The molecule has 0 bridgehead atoms. The molecule has 24 heavy (non-hydrogen) atoms. The summed E-state index contributed by atoms with van der Waals surface area (Å²) in [5.41, 5.74) is 1.84. The first-order valence-corrected chi connectivity index (χ1v) is 7.87. The molecule has 5 nitrogen and oxygen atoms in total. The number of halogens is 1. The Morgan fingerprint density at radius 1 is 1.21 bits per heavy atom. The Morgan fingerprint density at radius 2 is 1.88 bits per heavy atom. The van der Waals surface area contributed by atoms with Crippen LogP contribution in [-0.4, -0.2) is 25.5 Å². The minimum Gasteiger partial charge on any atom is -0.495 e. The van der Waals surface area contributed by atoms with E-state index in [1.165, 1.54) is 12.0 Å². The number of methoxy groups -OCH3 is 1. The highest BCUT2D eigenvalue weighted by atomic mass is 35.5. The predicted octanol–water partition coefficient (Wildman–Crippen LogP) is 3.65. The van der Waals surface area contributed by atoms with Crippen molar-refractivity contribution in [2.45, 2.75) is 13.8 Å². The zero-order valence-corrected chi connectivity index (χ0v) is 14.6. The van der Waals surface area contributed by atoms with Crippen molar-refractivity contribution in [1.29, 1.82) is 0 Å². The molecule has 0 aromatic heterocycles. The number of rotatable bonds is 4. The summed E-state index contributed by atoms with van der Waals surface area (Å²) < 4.78 is 5.21. The van der Waals surface area contributed by atoms with Crippen molar-refractivity contribution < 1.29 is 14.3 Å². The van der Waals surface area contributed by atoms with E-state index in [-0.39, 0.29) is 0 Å². The summed E-state index contributed by atoms with van der Waals surface area (Å²) in [4.78, 5) is 26.2. The number of hydrogen-bond donors (Lipinski definition) is 1. The number of benzene rings is 2. The first kappa shape index (κ1) is 17.8. The van der Waals surface area contributed by atoms with Gasteiger partial charge >= 0.3 is 11.8 Å². The van der Waals surface area contributed by atoms with Gasteiger partial charge < -0.3 is 15.0 Å². The molecular weight excluding hydrogens is 328 g/mol. The maximum absolute atomic E-state index is 12.5. The minimum atomic E-state index is -0.735. The molecule has 0 saturated heterocycles. The Balaban J connectivity index is 2.23. The molecule has 6 heteroatoms. The van der Waals surface area contributed by atoms with Gasteiger partial charge in [0.2, 0.25) is 0 Å². The average Bonchev–Trinajstić information content (AvgIpc) is 2.59. The van der Waals surface area contributed by atoms with Crippen LogP contribution in [0.4, 0.5) is 11.4 Å². The van der Waals surface area contributed by atoms with E-state index in [1.54, 1.807) is 24.3 Å². The highest BCUT2D eigenvalue weighted by Gasteiger charge is 2.23. The van der Waals surface area contributed by atoms with E-state index >= 15 is 0 Å². The lowest BCUT2D eigenvalue weighted by Crippen LogP contribution is -2.39. The lowest BCUT2D eigenvalue weighted by Gasteiger charge is -2.20. The van der Waals surface area contributed by atoms with Crippen LogP contribution < -0.4 is 15.0 Å². The molecule has 0 radical (unpaired) electrons. The lowest BCUT2D eigenvalue weighted by molar-refractivity contribution is -0.134. The molecule has 2 aromatic rings. The Morgan fingerprint density at radius 3 is 2.46 bits per heavy atom. The Kier molecular flexibility index (Phi) is 5.82. The molecular formula is C18H19ClN2O3. The molecule has 0 spiro atoms. The maximum atomic E-state index is 12.5. The number of hydrogen-bond acceptors (Lipinski definition) is 3. The van der Waals surface area contributed by atoms with E-state index in [1.807, 2.05) is 32.0 Å². The van der Waals surface area contributed by atoms with Crippen molar-refractivity contribution in [3.05, 3.63) is 53.1 Å². The Labute approximate surface area is 146 Å². The van der Waals surface area contributed by atoms with Crippen molar-refractivity contribution in [3.63, 3.8) is 0 Å². The topological polar surface area (TPSA) is 58.6 Å². The summed E-state index contributed by atoms with van der Waals surface area (Å²) in [6, 6.07) is 12.3. The van der Waals surface area contributed by atoms with E-state index < -0.39 is 11.8 Å². The van der Waals surface area contributed by atoms with Crippen LogP contribution in [0.2, 0.25) is 5.02 Å². The number of para-hydroxylation sites is 1. The van der Waals surface area contributed by atoms with Crippen LogP contribution in [0.3, 0.4) is 0 Å². The Bertz CT molecular complexity index is 747. The first-order chi connectivity index (χ1) is 11.5. The molecule has 126 valence electrons. The highest BCUT2D eigenvalue weighted by molar-refractivity contribution is 6.44. The summed E-state index contributed by atoms with van der Waals surface area (Å²) in [7, 11) is 1.47. The van der Waals surface area contributed by atoms with Gasteiger partial charge in [0.1, 0.15) is 5.75 Å². The Hall–Kier alpha value is -2.53.